The molecule has 0 fully saturated rings. The fraction of sp³-hybridized carbons (Fsp3) is 0.391. The highest BCUT2D eigenvalue weighted by molar-refractivity contribution is 5.88. The lowest BCUT2D eigenvalue weighted by atomic mass is 9.87. The number of carboxylic acid groups (broad SMARTS) is 1. The zero-order valence-corrected chi connectivity index (χ0v) is 18.4. The van der Waals surface area contributed by atoms with E-state index in [1.807, 2.05) is 52.2 Å². The zero-order chi connectivity index (χ0) is 22.6. The van der Waals surface area contributed by atoms with Crippen LogP contribution in [0.3, 0.4) is 0 Å². The van der Waals surface area contributed by atoms with E-state index in [0.29, 0.717) is 37.1 Å². The minimum absolute atomic E-state index is 0.161. The second-order valence-electron chi connectivity index (χ2n) is 7.69. The van der Waals surface area contributed by atoms with E-state index < -0.39 is 11.6 Å². The second kappa shape index (κ2) is 9.16. The van der Waals surface area contributed by atoms with Crippen molar-refractivity contribution in [1.29, 1.82) is 0 Å². The van der Waals surface area contributed by atoms with Gasteiger partial charge < -0.3 is 5.11 Å². The first kappa shape index (κ1) is 22.3. The number of hydrogen-bond donors (Lipinski definition) is 1. The summed E-state index contributed by atoms with van der Waals surface area (Å²) < 4.78 is 3.29. The molecule has 0 aliphatic rings. The van der Waals surface area contributed by atoms with Crippen molar-refractivity contribution in [2.24, 2.45) is 7.05 Å². The normalized spacial score (nSPS) is 11.5. The molecule has 8 heteroatoms. The number of aryl methyl sites for hydroxylation is 1. The van der Waals surface area contributed by atoms with Crippen LogP contribution < -0.4 is 10.3 Å². The molecule has 8 nitrogen and oxygen atoms in total. The van der Waals surface area contributed by atoms with Gasteiger partial charge in [-0.3, -0.25) is 14.4 Å². The summed E-state index contributed by atoms with van der Waals surface area (Å²) in [6.07, 6.45) is 6.58. The summed E-state index contributed by atoms with van der Waals surface area (Å²) in [5, 5.41) is 18.6. The Morgan fingerprint density at radius 3 is 2.45 bits per heavy atom. The van der Waals surface area contributed by atoms with Gasteiger partial charge in [-0.05, 0) is 37.0 Å². The molecule has 31 heavy (non-hydrogen) atoms. The topological polar surface area (TPSA) is 93.2 Å². The standard InChI is InChI=1S/C23H29N5O3/c1-5-23(6-2,7-3)28(22(30)31)18-10-8-9-17(13-18)14-20-21(29)11-12-27(25-20)19-15-24-26(4)16-19/h8-13,15-16H,5-7,14H2,1-4H3,(H,30,31). The third kappa shape index (κ3) is 4.52. The Labute approximate surface area is 181 Å². The van der Waals surface area contributed by atoms with Crippen LogP contribution >= 0.6 is 0 Å². The van der Waals surface area contributed by atoms with Crippen molar-refractivity contribution in [3.8, 4) is 5.69 Å². The highest BCUT2D eigenvalue weighted by Crippen LogP contribution is 2.33. The van der Waals surface area contributed by atoms with Crippen LogP contribution in [-0.2, 0) is 13.5 Å². The number of aromatic nitrogens is 4. The molecular weight excluding hydrogens is 394 g/mol. The monoisotopic (exact) mass is 423 g/mol. The number of anilines is 1. The molecule has 2 aromatic heterocycles. The average molecular weight is 424 g/mol. The summed E-state index contributed by atoms with van der Waals surface area (Å²) in [6.45, 7) is 6.05. The zero-order valence-electron chi connectivity index (χ0n) is 18.4. The van der Waals surface area contributed by atoms with Gasteiger partial charge in [-0.1, -0.05) is 32.9 Å². The third-order valence-electron chi connectivity index (χ3n) is 6.02. The molecule has 0 saturated heterocycles. The molecule has 0 spiro atoms. The largest absolute Gasteiger partial charge is 0.465 e. The van der Waals surface area contributed by atoms with Gasteiger partial charge in [0.15, 0.2) is 0 Å². The highest BCUT2D eigenvalue weighted by atomic mass is 16.4. The number of benzene rings is 1. The third-order valence-corrected chi connectivity index (χ3v) is 6.02. The Kier molecular flexibility index (Phi) is 6.58. The fourth-order valence-corrected chi connectivity index (χ4v) is 4.05. The molecular formula is C23H29N5O3. The SMILES string of the molecule is CCC(CC)(CC)N(C(=O)O)c1cccc(Cc2nn(-c3cnn(C)c3)ccc2=O)c1. The van der Waals surface area contributed by atoms with Crippen LogP contribution in [0.2, 0.25) is 0 Å². The van der Waals surface area contributed by atoms with Gasteiger partial charge in [0.1, 0.15) is 11.4 Å². The van der Waals surface area contributed by atoms with E-state index >= 15 is 0 Å². The first-order valence-corrected chi connectivity index (χ1v) is 10.5. The molecule has 0 aliphatic carbocycles. The summed E-state index contributed by atoms with van der Waals surface area (Å²) in [5.74, 6) is 0. The van der Waals surface area contributed by atoms with Gasteiger partial charge in [0, 0.05) is 31.4 Å². The Bertz CT molecular complexity index is 1110. The molecule has 0 unspecified atom stereocenters. The Morgan fingerprint density at radius 2 is 1.87 bits per heavy atom. The Balaban J connectivity index is 1.97. The molecule has 1 N–H and O–H groups in total. The molecule has 3 rings (SSSR count). The van der Waals surface area contributed by atoms with Gasteiger partial charge in [0.05, 0.1) is 17.9 Å². The number of carbonyl (C=O) groups is 1. The molecule has 3 aromatic rings. The van der Waals surface area contributed by atoms with Crippen LogP contribution in [0.25, 0.3) is 5.69 Å². The van der Waals surface area contributed by atoms with Crippen molar-refractivity contribution in [3.05, 3.63) is 70.4 Å². The number of amides is 1. The van der Waals surface area contributed by atoms with Gasteiger partial charge in [0.25, 0.3) is 0 Å². The maximum atomic E-state index is 12.4. The number of hydrogen-bond acceptors (Lipinski definition) is 4. The average Bonchev–Trinajstić information content (AvgIpc) is 3.20. The van der Waals surface area contributed by atoms with Crippen LogP contribution in [0.1, 0.15) is 51.3 Å². The van der Waals surface area contributed by atoms with E-state index in [9.17, 15) is 14.7 Å². The fourth-order valence-electron chi connectivity index (χ4n) is 4.05. The smallest absolute Gasteiger partial charge is 0.412 e. The van der Waals surface area contributed by atoms with Gasteiger partial charge in [-0.15, -0.1) is 0 Å². The van der Waals surface area contributed by atoms with Crippen molar-refractivity contribution in [2.75, 3.05) is 4.90 Å². The molecule has 0 bridgehead atoms. The molecule has 164 valence electrons. The minimum Gasteiger partial charge on any atom is -0.465 e. The molecule has 1 amide bonds. The van der Waals surface area contributed by atoms with Crippen molar-refractivity contribution in [2.45, 2.75) is 52.0 Å². The minimum atomic E-state index is -0.973. The van der Waals surface area contributed by atoms with Crippen LogP contribution in [0.15, 0.2) is 53.7 Å². The van der Waals surface area contributed by atoms with Gasteiger partial charge in [-0.2, -0.15) is 10.2 Å². The van der Waals surface area contributed by atoms with E-state index in [-0.39, 0.29) is 5.43 Å². The quantitative estimate of drug-likeness (QED) is 0.591. The molecule has 0 aliphatic heterocycles. The van der Waals surface area contributed by atoms with Gasteiger partial charge in [0.2, 0.25) is 5.43 Å². The summed E-state index contributed by atoms with van der Waals surface area (Å²) in [7, 11) is 1.82. The lowest BCUT2D eigenvalue weighted by molar-refractivity contribution is 0.188. The van der Waals surface area contributed by atoms with Crippen molar-refractivity contribution in [1.82, 2.24) is 19.6 Å². The first-order chi connectivity index (χ1) is 14.8. The van der Waals surface area contributed by atoms with Crippen LogP contribution in [0.5, 0.6) is 0 Å². The lowest BCUT2D eigenvalue weighted by Gasteiger charge is -2.41. The second-order valence-corrected chi connectivity index (χ2v) is 7.69. The van der Waals surface area contributed by atoms with Crippen LogP contribution in [-0.4, -0.2) is 36.3 Å². The molecule has 0 saturated carbocycles. The predicted molar refractivity (Wildman–Crippen MR) is 120 cm³/mol. The number of rotatable bonds is 8. The van der Waals surface area contributed by atoms with E-state index in [1.54, 1.807) is 27.8 Å². The molecule has 0 radical (unpaired) electrons. The van der Waals surface area contributed by atoms with Crippen molar-refractivity contribution in [3.63, 3.8) is 0 Å². The predicted octanol–water partition coefficient (Wildman–Crippen LogP) is 4.01. The molecule has 2 heterocycles. The van der Waals surface area contributed by atoms with Gasteiger partial charge in [-0.25, -0.2) is 9.48 Å². The van der Waals surface area contributed by atoms with E-state index in [0.717, 1.165) is 11.3 Å². The van der Waals surface area contributed by atoms with Crippen molar-refractivity contribution >= 4 is 11.8 Å². The highest BCUT2D eigenvalue weighted by Gasteiger charge is 2.36. The van der Waals surface area contributed by atoms with E-state index in [1.165, 1.54) is 11.0 Å². The van der Waals surface area contributed by atoms with Gasteiger partial charge >= 0.3 is 6.09 Å². The van der Waals surface area contributed by atoms with Crippen molar-refractivity contribution < 1.29 is 9.90 Å². The summed E-state index contributed by atoms with van der Waals surface area (Å²) in [5.41, 5.74) is 1.95. The first-order valence-electron chi connectivity index (χ1n) is 10.5. The Hall–Kier alpha value is -3.42. The lowest BCUT2D eigenvalue weighted by Crippen LogP contribution is -2.50. The van der Waals surface area contributed by atoms with Crippen LogP contribution in [0.4, 0.5) is 10.5 Å². The van der Waals surface area contributed by atoms with Crippen LogP contribution in [0, 0.1) is 0 Å². The van der Waals surface area contributed by atoms with E-state index in [2.05, 4.69) is 10.2 Å². The molecule has 1 aromatic carbocycles. The summed E-state index contributed by atoms with van der Waals surface area (Å²) in [6, 6.07) is 8.84. The molecule has 0 atom stereocenters. The number of nitrogens with zero attached hydrogens (tertiary/aromatic N) is 5. The Morgan fingerprint density at radius 1 is 1.16 bits per heavy atom. The maximum absolute atomic E-state index is 12.4. The van der Waals surface area contributed by atoms with E-state index in [4.69, 9.17) is 0 Å². The summed E-state index contributed by atoms with van der Waals surface area (Å²) >= 11 is 0. The summed E-state index contributed by atoms with van der Waals surface area (Å²) in [4.78, 5) is 26.1. The maximum Gasteiger partial charge on any atom is 0.412 e.